The van der Waals surface area contributed by atoms with E-state index in [4.69, 9.17) is 16.3 Å². The number of hydrogen-bond acceptors (Lipinski definition) is 2. The Labute approximate surface area is 134 Å². The molecule has 0 aliphatic heterocycles. The van der Waals surface area contributed by atoms with Crippen LogP contribution in [0.2, 0.25) is 5.02 Å². The van der Waals surface area contributed by atoms with E-state index in [1.165, 1.54) is 12.1 Å². The normalized spacial score (nSPS) is 12.7. The molecule has 0 spiro atoms. The molecule has 0 fully saturated rings. The molecule has 1 aromatic carbocycles. The number of nitrogens with one attached hydrogen (secondary N) is 1. The lowest BCUT2D eigenvalue weighted by Gasteiger charge is -2.21. The Hall–Kier alpha value is -0.650. The highest BCUT2D eigenvalue weighted by Crippen LogP contribution is 2.38. The van der Waals surface area contributed by atoms with Gasteiger partial charge in [0.15, 0.2) is 0 Å². The summed E-state index contributed by atoms with van der Waals surface area (Å²) in [5.41, 5.74) is -0.824. The molecule has 1 rings (SSSR count). The Morgan fingerprint density at radius 1 is 1.29 bits per heavy atom. The van der Waals surface area contributed by atoms with Gasteiger partial charge in [-0.3, -0.25) is 0 Å². The van der Waals surface area contributed by atoms with E-state index in [0.717, 1.165) is 12.5 Å². The van der Waals surface area contributed by atoms with E-state index in [-0.39, 0.29) is 29.3 Å². The molecular formula is C14H20Cl2F3NO. The van der Waals surface area contributed by atoms with Crippen molar-refractivity contribution in [2.24, 2.45) is 0 Å². The molecule has 122 valence electrons. The Kier molecular flexibility index (Phi) is 9.09. The number of benzene rings is 1. The molecule has 21 heavy (non-hydrogen) atoms. The zero-order valence-corrected chi connectivity index (χ0v) is 13.5. The first kappa shape index (κ1) is 20.3. The fourth-order valence-corrected chi connectivity index (χ4v) is 2.07. The number of ether oxygens (including phenoxy) is 1. The van der Waals surface area contributed by atoms with Gasteiger partial charge in [-0.25, -0.2) is 0 Å². The molecule has 7 heteroatoms. The summed E-state index contributed by atoms with van der Waals surface area (Å²) in [6.07, 6.45) is -2.50. The number of alkyl halides is 3. The first-order valence-electron chi connectivity index (χ1n) is 6.56. The molecule has 1 atom stereocenters. The summed E-state index contributed by atoms with van der Waals surface area (Å²) < 4.78 is 44.4. The van der Waals surface area contributed by atoms with Crippen LogP contribution in [0, 0.1) is 0 Å². The lowest BCUT2D eigenvalue weighted by molar-refractivity contribution is -0.139. The molecule has 0 bridgehead atoms. The first-order valence-corrected chi connectivity index (χ1v) is 6.94. The minimum atomic E-state index is -4.47. The van der Waals surface area contributed by atoms with Gasteiger partial charge in [-0.2, -0.15) is 13.2 Å². The van der Waals surface area contributed by atoms with E-state index < -0.39 is 11.7 Å². The SMILES string of the molecule is CCC[C@@H](CCNC)Oc1ccc(Cl)cc1C(F)(F)F.Cl. The maximum absolute atomic E-state index is 13.0. The van der Waals surface area contributed by atoms with Crippen LogP contribution in [-0.4, -0.2) is 19.7 Å². The van der Waals surface area contributed by atoms with E-state index in [0.29, 0.717) is 19.4 Å². The van der Waals surface area contributed by atoms with Gasteiger partial charge in [0.1, 0.15) is 5.75 Å². The van der Waals surface area contributed by atoms with E-state index in [1.54, 1.807) is 7.05 Å². The molecule has 1 aromatic rings. The summed E-state index contributed by atoms with van der Waals surface area (Å²) in [6.45, 7) is 2.67. The van der Waals surface area contributed by atoms with Crippen molar-refractivity contribution in [3.8, 4) is 5.75 Å². The van der Waals surface area contributed by atoms with Crippen molar-refractivity contribution < 1.29 is 17.9 Å². The summed E-state index contributed by atoms with van der Waals surface area (Å²) in [5, 5.41) is 3.02. The van der Waals surface area contributed by atoms with Crippen molar-refractivity contribution >= 4 is 24.0 Å². The summed E-state index contributed by atoms with van der Waals surface area (Å²) in [5.74, 6) is -0.156. The van der Waals surface area contributed by atoms with E-state index in [1.807, 2.05) is 6.92 Å². The van der Waals surface area contributed by atoms with Gasteiger partial charge in [0.2, 0.25) is 0 Å². The molecule has 0 radical (unpaired) electrons. The second-order valence-corrected chi connectivity index (χ2v) is 5.00. The molecule has 0 saturated heterocycles. The minimum Gasteiger partial charge on any atom is -0.490 e. The zero-order chi connectivity index (χ0) is 15.2. The van der Waals surface area contributed by atoms with Gasteiger partial charge in [-0.05, 0) is 44.6 Å². The molecule has 0 saturated carbocycles. The second kappa shape index (κ2) is 9.38. The van der Waals surface area contributed by atoms with Crippen LogP contribution in [0.1, 0.15) is 31.7 Å². The van der Waals surface area contributed by atoms with Crippen molar-refractivity contribution in [2.75, 3.05) is 13.6 Å². The first-order chi connectivity index (χ1) is 9.38. The van der Waals surface area contributed by atoms with E-state index in [9.17, 15) is 13.2 Å². The van der Waals surface area contributed by atoms with Crippen LogP contribution in [0.15, 0.2) is 18.2 Å². The maximum atomic E-state index is 13.0. The van der Waals surface area contributed by atoms with Gasteiger partial charge in [0, 0.05) is 5.02 Å². The number of halogens is 5. The van der Waals surface area contributed by atoms with Crippen molar-refractivity contribution in [3.05, 3.63) is 28.8 Å². The predicted octanol–water partition coefficient (Wildman–Crippen LogP) is 4.94. The number of hydrogen-bond donors (Lipinski definition) is 1. The van der Waals surface area contributed by atoms with Gasteiger partial charge in [0.25, 0.3) is 0 Å². The largest absolute Gasteiger partial charge is 0.490 e. The molecule has 0 aromatic heterocycles. The zero-order valence-electron chi connectivity index (χ0n) is 12.0. The third-order valence-electron chi connectivity index (χ3n) is 2.87. The third kappa shape index (κ3) is 6.76. The standard InChI is InChI=1S/C14H19ClF3NO.ClH/c1-3-4-11(7-8-19-2)20-13-6-5-10(15)9-12(13)14(16,17)18;/h5-6,9,11,19H,3-4,7-8H2,1-2H3;1H/t11-;/m0./s1. The van der Waals surface area contributed by atoms with Gasteiger partial charge < -0.3 is 10.1 Å². The van der Waals surface area contributed by atoms with Crippen LogP contribution in [-0.2, 0) is 6.18 Å². The second-order valence-electron chi connectivity index (χ2n) is 4.56. The Bertz CT molecular complexity index is 427. The average molecular weight is 346 g/mol. The highest BCUT2D eigenvalue weighted by Gasteiger charge is 2.35. The minimum absolute atomic E-state index is 0. The predicted molar refractivity (Wildman–Crippen MR) is 81.6 cm³/mol. The quantitative estimate of drug-likeness (QED) is 0.755. The number of rotatable bonds is 7. The fourth-order valence-electron chi connectivity index (χ4n) is 1.90. The van der Waals surface area contributed by atoms with Crippen LogP contribution in [0.4, 0.5) is 13.2 Å². The summed E-state index contributed by atoms with van der Waals surface area (Å²) in [7, 11) is 1.80. The van der Waals surface area contributed by atoms with Gasteiger partial charge in [-0.1, -0.05) is 24.9 Å². The molecule has 0 aliphatic rings. The summed E-state index contributed by atoms with van der Waals surface area (Å²) in [6, 6.07) is 3.60. The fraction of sp³-hybridized carbons (Fsp3) is 0.571. The highest BCUT2D eigenvalue weighted by molar-refractivity contribution is 6.30. The van der Waals surface area contributed by atoms with Gasteiger partial charge in [0.05, 0.1) is 11.7 Å². The van der Waals surface area contributed by atoms with E-state index in [2.05, 4.69) is 5.32 Å². The third-order valence-corrected chi connectivity index (χ3v) is 3.10. The van der Waals surface area contributed by atoms with Crippen LogP contribution < -0.4 is 10.1 Å². The summed E-state index contributed by atoms with van der Waals surface area (Å²) in [4.78, 5) is 0. The average Bonchev–Trinajstić information content (AvgIpc) is 2.37. The van der Waals surface area contributed by atoms with Crippen LogP contribution in [0.3, 0.4) is 0 Å². The van der Waals surface area contributed by atoms with Gasteiger partial charge in [-0.15, -0.1) is 12.4 Å². The molecule has 0 amide bonds. The van der Waals surface area contributed by atoms with Crippen LogP contribution >= 0.6 is 24.0 Å². The van der Waals surface area contributed by atoms with Crippen LogP contribution in [0.5, 0.6) is 5.75 Å². The van der Waals surface area contributed by atoms with Crippen molar-refractivity contribution in [2.45, 2.75) is 38.5 Å². The molecule has 1 N–H and O–H groups in total. The Balaban J connectivity index is 0.00000400. The summed E-state index contributed by atoms with van der Waals surface area (Å²) >= 11 is 5.64. The molecule has 0 unspecified atom stereocenters. The highest BCUT2D eigenvalue weighted by atomic mass is 35.5. The lowest BCUT2D eigenvalue weighted by atomic mass is 10.1. The molecular weight excluding hydrogens is 326 g/mol. The smallest absolute Gasteiger partial charge is 0.420 e. The molecule has 0 heterocycles. The van der Waals surface area contributed by atoms with Crippen molar-refractivity contribution in [1.29, 1.82) is 0 Å². The monoisotopic (exact) mass is 345 g/mol. The molecule has 2 nitrogen and oxygen atoms in total. The topological polar surface area (TPSA) is 21.3 Å². The Morgan fingerprint density at radius 2 is 1.95 bits per heavy atom. The Morgan fingerprint density at radius 3 is 2.48 bits per heavy atom. The van der Waals surface area contributed by atoms with Crippen molar-refractivity contribution in [1.82, 2.24) is 5.32 Å². The molecule has 0 aliphatic carbocycles. The maximum Gasteiger partial charge on any atom is 0.420 e. The van der Waals surface area contributed by atoms with Gasteiger partial charge >= 0.3 is 6.18 Å². The lowest BCUT2D eigenvalue weighted by Crippen LogP contribution is -2.23. The van der Waals surface area contributed by atoms with Crippen LogP contribution in [0.25, 0.3) is 0 Å². The van der Waals surface area contributed by atoms with E-state index >= 15 is 0 Å². The van der Waals surface area contributed by atoms with Crippen molar-refractivity contribution in [3.63, 3.8) is 0 Å².